The predicted octanol–water partition coefficient (Wildman–Crippen LogP) is 1.83. The van der Waals surface area contributed by atoms with Gasteiger partial charge in [0.15, 0.2) is 6.61 Å². The first-order valence-corrected chi connectivity index (χ1v) is 8.25. The van der Waals surface area contributed by atoms with Gasteiger partial charge in [-0.1, -0.05) is 23.2 Å². The molecule has 0 aromatic heterocycles. The summed E-state index contributed by atoms with van der Waals surface area (Å²) in [5.41, 5.74) is 0. The van der Waals surface area contributed by atoms with Gasteiger partial charge in [-0.25, -0.2) is 0 Å². The van der Waals surface area contributed by atoms with Crippen LogP contribution in [-0.4, -0.2) is 55.7 Å². The van der Waals surface area contributed by atoms with Crippen LogP contribution in [0.1, 0.15) is 0 Å². The zero-order chi connectivity index (χ0) is 17.4. The van der Waals surface area contributed by atoms with E-state index in [1.165, 1.54) is 19.0 Å². The van der Waals surface area contributed by atoms with Gasteiger partial charge >= 0.3 is 5.97 Å². The fourth-order valence-electron chi connectivity index (χ4n) is 1.40. The summed E-state index contributed by atoms with van der Waals surface area (Å²) in [5, 5.41) is 3.39. The number of hydrogen-bond donors (Lipinski definition) is 1. The van der Waals surface area contributed by atoms with E-state index in [0.717, 1.165) is 11.8 Å². The molecule has 0 heterocycles. The van der Waals surface area contributed by atoms with Crippen LogP contribution in [0.3, 0.4) is 0 Å². The number of amides is 2. The molecular weight excluding hydrogens is 363 g/mol. The minimum absolute atomic E-state index is 0.00744. The van der Waals surface area contributed by atoms with Crippen molar-refractivity contribution in [3.8, 4) is 0 Å². The third kappa shape index (κ3) is 7.11. The van der Waals surface area contributed by atoms with Crippen LogP contribution in [-0.2, 0) is 19.1 Å². The van der Waals surface area contributed by atoms with Gasteiger partial charge in [0.2, 0.25) is 5.91 Å². The highest BCUT2D eigenvalue weighted by molar-refractivity contribution is 8.00. The molecule has 0 aliphatic rings. The molecule has 2 amide bonds. The lowest BCUT2D eigenvalue weighted by molar-refractivity contribution is -0.149. The number of carbonyl (C=O) groups excluding carboxylic acids is 3. The highest BCUT2D eigenvalue weighted by Crippen LogP contribution is 2.29. The van der Waals surface area contributed by atoms with Crippen molar-refractivity contribution in [1.29, 1.82) is 0 Å². The minimum Gasteiger partial charge on any atom is -0.455 e. The van der Waals surface area contributed by atoms with Crippen molar-refractivity contribution in [2.24, 2.45) is 0 Å². The third-order valence-corrected chi connectivity index (χ3v) is 4.39. The maximum atomic E-state index is 11.7. The summed E-state index contributed by atoms with van der Waals surface area (Å²) in [5.74, 6) is -1.34. The van der Waals surface area contributed by atoms with Gasteiger partial charge in [-0.3, -0.25) is 14.4 Å². The lowest BCUT2D eigenvalue weighted by atomic mass is 10.4. The first-order valence-electron chi connectivity index (χ1n) is 6.51. The number of benzene rings is 1. The van der Waals surface area contributed by atoms with Gasteiger partial charge in [-0.15, -0.1) is 11.8 Å². The molecule has 6 nitrogen and oxygen atoms in total. The van der Waals surface area contributed by atoms with E-state index in [0.29, 0.717) is 14.9 Å². The molecule has 1 aromatic rings. The molecule has 0 spiro atoms. The molecule has 126 valence electrons. The van der Waals surface area contributed by atoms with Crippen LogP contribution < -0.4 is 5.32 Å². The molecule has 0 aliphatic carbocycles. The smallest absolute Gasteiger partial charge is 0.316 e. The van der Waals surface area contributed by atoms with Gasteiger partial charge in [0.25, 0.3) is 5.91 Å². The van der Waals surface area contributed by atoms with Crippen molar-refractivity contribution in [3.05, 3.63) is 28.2 Å². The van der Waals surface area contributed by atoms with E-state index in [-0.39, 0.29) is 18.2 Å². The molecule has 0 unspecified atom stereocenters. The van der Waals surface area contributed by atoms with Crippen molar-refractivity contribution in [1.82, 2.24) is 10.2 Å². The van der Waals surface area contributed by atoms with Crippen LogP contribution in [0.2, 0.25) is 10.0 Å². The number of nitrogens with zero attached hydrogens (tertiary/aromatic N) is 1. The van der Waals surface area contributed by atoms with Crippen LogP contribution in [0.4, 0.5) is 0 Å². The zero-order valence-electron chi connectivity index (χ0n) is 12.6. The molecule has 1 N–H and O–H groups in total. The number of thioether (sulfide) groups is 1. The molecule has 0 bridgehead atoms. The zero-order valence-corrected chi connectivity index (χ0v) is 14.9. The second kappa shape index (κ2) is 9.64. The Kier molecular flexibility index (Phi) is 8.22. The van der Waals surface area contributed by atoms with Gasteiger partial charge in [0.1, 0.15) is 0 Å². The molecule has 0 radical (unpaired) electrons. The van der Waals surface area contributed by atoms with Crippen molar-refractivity contribution < 1.29 is 19.1 Å². The maximum absolute atomic E-state index is 11.7. The Bertz CT molecular complexity index is 598. The quantitative estimate of drug-likeness (QED) is 0.578. The van der Waals surface area contributed by atoms with Gasteiger partial charge in [-0.2, -0.15) is 0 Å². The van der Waals surface area contributed by atoms with Crippen LogP contribution in [0.25, 0.3) is 0 Å². The summed E-state index contributed by atoms with van der Waals surface area (Å²) in [6.45, 7) is -0.518. The van der Waals surface area contributed by atoms with Gasteiger partial charge in [-0.05, 0) is 18.2 Å². The average Bonchev–Trinajstić information content (AvgIpc) is 2.52. The number of hydrogen-bond acceptors (Lipinski definition) is 5. The predicted molar refractivity (Wildman–Crippen MR) is 89.8 cm³/mol. The first-order chi connectivity index (χ1) is 10.8. The van der Waals surface area contributed by atoms with Gasteiger partial charge in [0, 0.05) is 24.0 Å². The molecular formula is C14H16Cl2N2O4S. The number of esters is 1. The Morgan fingerprint density at radius 3 is 2.65 bits per heavy atom. The Labute approximate surface area is 148 Å². The Morgan fingerprint density at radius 1 is 1.30 bits per heavy atom. The monoisotopic (exact) mass is 378 g/mol. The highest BCUT2D eigenvalue weighted by atomic mass is 35.5. The lowest BCUT2D eigenvalue weighted by Crippen LogP contribution is -2.39. The van der Waals surface area contributed by atoms with E-state index in [9.17, 15) is 14.4 Å². The van der Waals surface area contributed by atoms with Gasteiger partial charge in [0.05, 0.1) is 17.3 Å². The van der Waals surface area contributed by atoms with E-state index in [1.54, 1.807) is 18.2 Å². The second-order valence-electron chi connectivity index (χ2n) is 4.45. The number of nitrogens with one attached hydrogen (secondary N) is 1. The number of halogens is 2. The van der Waals surface area contributed by atoms with E-state index in [1.807, 2.05) is 0 Å². The summed E-state index contributed by atoms with van der Waals surface area (Å²) < 4.78 is 4.87. The second-order valence-corrected chi connectivity index (χ2v) is 6.31. The summed E-state index contributed by atoms with van der Waals surface area (Å²) in [4.78, 5) is 36.3. The van der Waals surface area contributed by atoms with Crippen LogP contribution >= 0.6 is 35.0 Å². The number of carbonyl (C=O) groups is 3. The Hall–Kier alpha value is -1.44. The van der Waals surface area contributed by atoms with Crippen molar-refractivity contribution in [2.45, 2.75) is 4.90 Å². The summed E-state index contributed by atoms with van der Waals surface area (Å²) in [6.07, 6.45) is 0. The van der Waals surface area contributed by atoms with Crippen LogP contribution in [0, 0.1) is 0 Å². The van der Waals surface area contributed by atoms with Gasteiger partial charge < -0.3 is 15.0 Å². The Balaban J connectivity index is 2.38. The van der Waals surface area contributed by atoms with Crippen molar-refractivity contribution in [3.63, 3.8) is 0 Å². The van der Waals surface area contributed by atoms with E-state index < -0.39 is 18.5 Å². The molecule has 0 atom stereocenters. The summed E-state index contributed by atoms with van der Waals surface area (Å²) in [7, 11) is 2.92. The summed E-state index contributed by atoms with van der Waals surface area (Å²) in [6, 6.07) is 4.92. The number of ether oxygens (including phenoxy) is 1. The fourth-order valence-corrected chi connectivity index (χ4v) is 2.69. The number of likely N-dealkylation sites (N-methyl/N-ethyl adjacent to an activating group) is 2. The molecule has 0 saturated heterocycles. The minimum atomic E-state index is -0.562. The fraction of sp³-hybridized carbons (Fsp3) is 0.357. The first kappa shape index (κ1) is 19.6. The molecule has 1 rings (SSSR count). The molecule has 0 saturated carbocycles. The van der Waals surface area contributed by atoms with E-state index in [2.05, 4.69) is 5.32 Å². The highest BCUT2D eigenvalue weighted by Gasteiger charge is 2.15. The number of rotatable bonds is 7. The summed E-state index contributed by atoms with van der Waals surface area (Å²) >= 11 is 13.0. The largest absolute Gasteiger partial charge is 0.455 e. The molecule has 0 aliphatic heterocycles. The average molecular weight is 379 g/mol. The molecule has 1 aromatic carbocycles. The van der Waals surface area contributed by atoms with Crippen molar-refractivity contribution >= 4 is 52.7 Å². The SMILES string of the molecule is CNC(=O)CN(C)C(=O)COC(=O)CSc1cc(Cl)ccc1Cl. The maximum Gasteiger partial charge on any atom is 0.316 e. The normalized spacial score (nSPS) is 10.1. The topological polar surface area (TPSA) is 75.7 Å². The van der Waals surface area contributed by atoms with E-state index in [4.69, 9.17) is 27.9 Å². The lowest BCUT2D eigenvalue weighted by Gasteiger charge is -2.15. The van der Waals surface area contributed by atoms with Crippen LogP contribution in [0.5, 0.6) is 0 Å². The van der Waals surface area contributed by atoms with Crippen molar-refractivity contribution in [2.75, 3.05) is 33.0 Å². The molecule has 23 heavy (non-hydrogen) atoms. The third-order valence-electron chi connectivity index (χ3n) is 2.68. The molecule has 0 fully saturated rings. The standard InChI is InChI=1S/C14H16Cl2N2O4S/c1-17-12(19)6-18(2)13(20)7-22-14(21)8-23-11-5-9(15)3-4-10(11)16/h3-5H,6-8H2,1-2H3,(H,17,19). The Morgan fingerprint density at radius 2 is 2.00 bits per heavy atom. The molecule has 9 heteroatoms. The van der Waals surface area contributed by atoms with Crippen LogP contribution in [0.15, 0.2) is 23.1 Å². The van der Waals surface area contributed by atoms with E-state index >= 15 is 0 Å².